The SMILES string of the molecule is COc1ccc(C=NNC(=O)CNC(=O)NCc2ccco2)cc1OC. The van der Waals surface area contributed by atoms with Crippen molar-refractivity contribution in [2.24, 2.45) is 5.10 Å². The molecule has 9 nitrogen and oxygen atoms in total. The molecule has 1 aromatic carbocycles. The number of furan rings is 1. The summed E-state index contributed by atoms with van der Waals surface area (Å²) < 4.78 is 15.4. The van der Waals surface area contributed by atoms with Gasteiger partial charge in [0.2, 0.25) is 0 Å². The Morgan fingerprint density at radius 3 is 2.65 bits per heavy atom. The smallest absolute Gasteiger partial charge is 0.315 e. The molecule has 2 aromatic rings. The Bertz CT molecular complexity index is 759. The van der Waals surface area contributed by atoms with E-state index in [1.165, 1.54) is 19.6 Å². The van der Waals surface area contributed by atoms with Crippen LogP contribution in [0.4, 0.5) is 4.79 Å². The molecule has 0 bridgehead atoms. The van der Waals surface area contributed by atoms with Crippen molar-refractivity contribution in [2.45, 2.75) is 6.54 Å². The van der Waals surface area contributed by atoms with Gasteiger partial charge in [0.1, 0.15) is 12.3 Å². The molecule has 0 radical (unpaired) electrons. The zero-order valence-corrected chi connectivity index (χ0v) is 14.4. The second kappa shape index (κ2) is 9.72. The third kappa shape index (κ3) is 5.86. The van der Waals surface area contributed by atoms with E-state index >= 15 is 0 Å². The van der Waals surface area contributed by atoms with E-state index in [2.05, 4.69) is 21.2 Å². The number of nitrogens with zero attached hydrogens (tertiary/aromatic N) is 1. The lowest BCUT2D eigenvalue weighted by atomic mass is 10.2. The predicted molar refractivity (Wildman–Crippen MR) is 94.2 cm³/mol. The first-order chi connectivity index (χ1) is 12.6. The highest BCUT2D eigenvalue weighted by Crippen LogP contribution is 2.26. The Morgan fingerprint density at radius 2 is 1.96 bits per heavy atom. The topological polar surface area (TPSA) is 114 Å². The van der Waals surface area contributed by atoms with Gasteiger partial charge in [0.05, 0.1) is 33.2 Å². The number of methoxy groups -OCH3 is 2. The van der Waals surface area contributed by atoms with Crippen LogP contribution < -0.4 is 25.5 Å². The fourth-order valence-corrected chi connectivity index (χ4v) is 1.96. The number of rotatable bonds is 8. The van der Waals surface area contributed by atoms with Crippen molar-refractivity contribution >= 4 is 18.2 Å². The zero-order chi connectivity index (χ0) is 18.8. The second-order valence-corrected chi connectivity index (χ2v) is 5.02. The van der Waals surface area contributed by atoms with Crippen LogP contribution in [0, 0.1) is 0 Å². The molecule has 0 saturated heterocycles. The molecule has 3 N–H and O–H groups in total. The van der Waals surface area contributed by atoms with Crippen LogP contribution in [0.5, 0.6) is 11.5 Å². The van der Waals surface area contributed by atoms with E-state index in [1.54, 1.807) is 37.4 Å². The molecule has 0 atom stereocenters. The summed E-state index contributed by atoms with van der Waals surface area (Å²) in [6.45, 7) is 0.0190. The number of hydrogen-bond acceptors (Lipinski definition) is 6. The molecule has 1 aromatic heterocycles. The maximum absolute atomic E-state index is 11.7. The quantitative estimate of drug-likeness (QED) is 0.484. The summed E-state index contributed by atoms with van der Waals surface area (Å²) in [5, 5.41) is 8.80. The van der Waals surface area contributed by atoms with Gasteiger partial charge < -0.3 is 24.5 Å². The number of benzene rings is 1. The van der Waals surface area contributed by atoms with Crippen molar-refractivity contribution in [1.29, 1.82) is 0 Å². The molecule has 0 saturated carbocycles. The fourth-order valence-electron chi connectivity index (χ4n) is 1.96. The van der Waals surface area contributed by atoms with Crippen molar-refractivity contribution in [3.05, 3.63) is 47.9 Å². The molecular formula is C17H20N4O5. The average molecular weight is 360 g/mol. The lowest BCUT2D eigenvalue weighted by molar-refractivity contribution is -0.120. The highest BCUT2D eigenvalue weighted by molar-refractivity contribution is 5.86. The number of hydrazone groups is 1. The van der Waals surface area contributed by atoms with Gasteiger partial charge in [0.25, 0.3) is 5.91 Å². The maximum Gasteiger partial charge on any atom is 0.315 e. The summed E-state index contributed by atoms with van der Waals surface area (Å²) >= 11 is 0. The molecule has 0 aliphatic rings. The number of carbonyl (C=O) groups is 2. The van der Waals surface area contributed by atoms with Gasteiger partial charge in [-0.25, -0.2) is 10.2 Å². The van der Waals surface area contributed by atoms with Gasteiger partial charge in [-0.2, -0.15) is 5.10 Å². The standard InChI is InChI=1S/C17H20N4O5/c1-24-14-6-5-12(8-15(14)25-2)9-20-21-16(22)11-19-17(23)18-10-13-4-3-7-26-13/h3-9H,10-11H2,1-2H3,(H,21,22)(H2,18,19,23). The first-order valence-corrected chi connectivity index (χ1v) is 7.70. The van der Waals surface area contributed by atoms with Crippen molar-refractivity contribution < 1.29 is 23.5 Å². The summed E-state index contributed by atoms with van der Waals surface area (Å²) in [6.07, 6.45) is 2.97. The van der Waals surface area contributed by atoms with Gasteiger partial charge >= 0.3 is 6.03 Å². The van der Waals surface area contributed by atoms with Crippen molar-refractivity contribution in [2.75, 3.05) is 20.8 Å². The van der Waals surface area contributed by atoms with Crippen LogP contribution in [-0.2, 0) is 11.3 Å². The molecule has 26 heavy (non-hydrogen) atoms. The van der Waals surface area contributed by atoms with Gasteiger partial charge in [-0.05, 0) is 35.9 Å². The maximum atomic E-state index is 11.7. The monoisotopic (exact) mass is 360 g/mol. The van der Waals surface area contributed by atoms with Crippen LogP contribution in [0.2, 0.25) is 0 Å². The highest BCUT2D eigenvalue weighted by Gasteiger charge is 2.06. The molecule has 0 aliphatic heterocycles. The third-order valence-corrected chi connectivity index (χ3v) is 3.22. The van der Waals surface area contributed by atoms with E-state index < -0.39 is 11.9 Å². The Kier molecular flexibility index (Phi) is 7.04. The first kappa shape index (κ1) is 18.8. The number of hydrogen-bond donors (Lipinski definition) is 3. The molecule has 0 spiro atoms. The molecular weight excluding hydrogens is 340 g/mol. The fraction of sp³-hybridized carbons (Fsp3) is 0.235. The van der Waals surface area contributed by atoms with Crippen LogP contribution in [0.3, 0.4) is 0 Å². The van der Waals surface area contributed by atoms with E-state index in [0.29, 0.717) is 22.8 Å². The largest absolute Gasteiger partial charge is 0.493 e. The Labute approximate surface area is 150 Å². The van der Waals surface area contributed by atoms with Gasteiger partial charge in [-0.3, -0.25) is 4.79 Å². The second-order valence-electron chi connectivity index (χ2n) is 5.02. The Morgan fingerprint density at radius 1 is 1.15 bits per heavy atom. The number of nitrogens with one attached hydrogen (secondary N) is 3. The first-order valence-electron chi connectivity index (χ1n) is 7.70. The van der Waals surface area contributed by atoms with Gasteiger partial charge in [-0.15, -0.1) is 0 Å². The van der Waals surface area contributed by atoms with Crippen molar-refractivity contribution in [3.8, 4) is 11.5 Å². The van der Waals surface area contributed by atoms with Crippen LogP contribution >= 0.6 is 0 Å². The molecule has 1 heterocycles. The average Bonchev–Trinajstić information content (AvgIpc) is 3.18. The van der Waals surface area contributed by atoms with E-state index in [9.17, 15) is 9.59 Å². The number of urea groups is 1. The normalized spacial score (nSPS) is 10.4. The van der Waals surface area contributed by atoms with Crippen LogP contribution in [0.25, 0.3) is 0 Å². The highest BCUT2D eigenvalue weighted by atomic mass is 16.5. The van der Waals surface area contributed by atoms with Crippen LogP contribution in [0.15, 0.2) is 46.1 Å². The van der Waals surface area contributed by atoms with E-state index in [0.717, 1.165) is 0 Å². The summed E-state index contributed by atoms with van der Waals surface area (Å²) in [5.74, 6) is 1.30. The lowest BCUT2D eigenvalue weighted by Gasteiger charge is -2.07. The van der Waals surface area contributed by atoms with Crippen molar-refractivity contribution in [1.82, 2.24) is 16.1 Å². The van der Waals surface area contributed by atoms with Crippen LogP contribution in [0.1, 0.15) is 11.3 Å². The Hall–Kier alpha value is -3.49. The predicted octanol–water partition coefficient (Wildman–Crippen LogP) is 1.25. The van der Waals surface area contributed by atoms with Gasteiger partial charge in [0, 0.05) is 0 Å². The number of ether oxygens (including phenoxy) is 2. The number of amides is 3. The molecule has 138 valence electrons. The van der Waals surface area contributed by atoms with Crippen LogP contribution in [-0.4, -0.2) is 38.9 Å². The lowest BCUT2D eigenvalue weighted by Crippen LogP contribution is -2.40. The Balaban J connectivity index is 1.72. The molecule has 2 rings (SSSR count). The van der Waals surface area contributed by atoms with Gasteiger partial charge in [0.15, 0.2) is 11.5 Å². The molecule has 9 heteroatoms. The molecule has 0 unspecified atom stereocenters. The zero-order valence-electron chi connectivity index (χ0n) is 14.4. The summed E-state index contributed by atoms with van der Waals surface area (Å²) in [7, 11) is 3.08. The number of carbonyl (C=O) groups excluding carboxylic acids is 2. The van der Waals surface area contributed by atoms with E-state index in [-0.39, 0.29) is 13.1 Å². The van der Waals surface area contributed by atoms with Crippen molar-refractivity contribution in [3.63, 3.8) is 0 Å². The minimum absolute atomic E-state index is 0.215. The minimum Gasteiger partial charge on any atom is -0.493 e. The molecule has 0 fully saturated rings. The van der Waals surface area contributed by atoms with E-state index in [4.69, 9.17) is 13.9 Å². The van der Waals surface area contributed by atoms with Gasteiger partial charge in [-0.1, -0.05) is 0 Å². The molecule has 0 aliphatic carbocycles. The minimum atomic E-state index is -0.486. The molecule has 3 amide bonds. The summed E-state index contributed by atoms with van der Waals surface area (Å²) in [6, 6.07) is 8.17. The third-order valence-electron chi connectivity index (χ3n) is 3.22. The van der Waals surface area contributed by atoms with E-state index in [1.807, 2.05) is 0 Å². The summed E-state index contributed by atoms with van der Waals surface area (Å²) in [4.78, 5) is 23.2. The summed E-state index contributed by atoms with van der Waals surface area (Å²) in [5.41, 5.74) is 3.03.